The number of methoxy groups -OCH3 is 1. The van der Waals surface area contributed by atoms with E-state index < -0.39 is 54.7 Å². The summed E-state index contributed by atoms with van der Waals surface area (Å²) >= 11 is 0. The summed E-state index contributed by atoms with van der Waals surface area (Å²) in [4.78, 5) is 12.2. The number of benzene rings is 2. The van der Waals surface area contributed by atoms with Gasteiger partial charge in [-0.15, -0.1) is 0 Å². The Hall–Kier alpha value is -3.29. The zero-order chi connectivity index (χ0) is 27.6. The molecule has 0 saturated heterocycles. The van der Waals surface area contributed by atoms with Gasteiger partial charge in [0.25, 0.3) is 16.0 Å². The van der Waals surface area contributed by atoms with Crippen LogP contribution >= 0.6 is 0 Å². The van der Waals surface area contributed by atoms with Crippen LogP contribution in [0.15, 0.2) is 67.6 Å². The predicted octanol–water partition coefficient (Wildman–Crippen LogP) is 1.41. The number of anilines is 1. The number of nitrogens with zero attached hydrogens (tertiary/aromatic N) is 4. The van der Waals surface area contributed by atoms with E-state index in [0.717, 1.165) is 23.2 Å². The number of ether oxygens (including phenoxy) is 1. The van der Waals surface area contributed by atoms with Crippen LogP contribution in [0.2, 0.25) is 0 Å². The van der Waals surface area contributed by atoms with Gasteiger partial charge in [-0.2, -0.15) is 37.2 Å². The minimum absolute atomic E-state index is 0.0594. The molecule has 18 heteroatoms. The standard InChI is InChI=1S/C19H20N4O11S3/c1-12-18(19(24)23(22-12)13-3-5-14(6-4-13)36(27,28)29)21-20-16-11-15(7-8-17(16)33-2)35(25,26)10-9-34-37(30,31)32/h3-8,11,18H,9-10H2,1-2H3,(H,27,28,29)(H,30,31,32). The predicted molar refractivity (Wildman–Crippen MR) is 128 cm³/mol. The molecule has 37 heavy (non-hydrogen) atoms. The highest BCUT2D eigenvalue weighted by Crippen LogP contribution is 2.32. The lowest BCUT2D eigenvalue weighted by Crippen LogP contribution is -2.29. The highest BCUT2D eigenvalue weighted by atomic mass is 32.3. The fraction of sp³-hybridized carbons (Fsp3) is 0.263. The summed E-state index contributed by atoms with van der Waals surface area (Å²) in [7, 11) is -12.0. The van der Waals surface area contributed by atoms with Gasteiger partial charge in [0.2, 0.25) is 0 Å². The van der Waals surface area contributed by atoms with Crippen LogP contribution in [-0.2, 0) is 39.3 Å². The van der Waals surface area contributed by atoms with E-state index in [4.69, 9.17) is 13.8 Å². The second kappa shape index (κ2) is 10.6. The lowest BCUT2D eigenvalue weighted by molar-refractivity contribution is -0.117. The molecule has 15 nitrogen and oxygen atoms in total. The molecule has 1 atom stereocenters. The molecule has 2 aromatic carbocycles. The minimum atomic E-state index is -4.81. The topological polar surface area (TPSA) is 219 Å². The highest BCUT2D eigenvalue weighted by Gasteiger charge is 2.35. The number of hydrogen-bond donors (Lipinski definition) is 2. The number of hydrazone groups is 1. The van der Waals surface area contributed by atoms with Gasteiger partial charge in [-0.1, -0.05) is 0 Å². The first kappa shape index (κ1) is 28.3. The SMILES string of the molecule is COc1ccc(S(=O)(=O)CCOS(=O)(=O)O)cc1N=NC1C(=O)N(c2ccc(S(=O)(=O)O)cc2)N=C1C. The summed E-state index contributed by atoms with van der Waals surface area (Å²) in [6.07, 6.45) is 0. The summed E-state index contributed by atoms with van der Waals surface area (Å²) in [5.41, 5.74) is 0.376. The van der Waals surface area contributed by atoms with E-state index >= 15 is 0 Å². The Labute approximate surface area is 212 Å². The Morgan fingerprint density at radius 2 is 1.62 bits per heavy atom. The number of sulfone groups is 1. The summed E-state index contributed by atoms with van der Waals surface area (Å²) in [5, 5.41) is 13.0. The Kier molecular flexibility index (Phi) is 8.10. The van der Waals surface area contributed by atoms with Crippen molar-refractivity contribution >= 4 is 53.3 Å². The molecule has 0 aromatic heterocycles. The van der Waals surface area contributed by atoms with Gasteiger partial charge in [0.1, 0.15) is 11.4 Å². The molecule has 1 unspecified atom stereocenters. The van der Waals surface area contributed by atoms with Gasteiger partial charge >= 0.3 is 10.4 Å². The molecular weight excluding hydrogens is 556 g/mol. The minimum Gasteiger partial charge on any atom is -0.494 e. The van der Waals surface area contributed by atoms with Gasteiger partial charge in [-0.25, -0.2) is 12.6 Å². The summed E-state index contributed by atoms with van der Waals surface area (Å²) in [6.45, 7) is 0.679. The molecule has 2 N–H and O–H groups in total. The van der Waals surface area contributed by atoms with Gasteiger partial charge < -0.3 is 4.74 Å². The summed E-state index contributed by atoms with van der Waals surface area (Å²) in [6, 6.07) is 7.10. The second-order valence-electron chi connectivity index (χ2n) is 7.38. The van der Waals surface area contributed by atoms with Gasteiger partial charge in [0, 0.05) is 0 Å². The van der Waals surface area contributed by atoms with Crippen molar-refractivity contribution in [3.8, 4) is 5.75 Å². The van der Waals surface area contributed by atoms with Crippen LogP contribution in [0.4, 0.5) is 11.4 Å². The van der Waals surface area contributed by atoms with Gasteiger partial charge in [0.05, 0.1) is 40.7 Å². The van der Waals surface area contributed by atoms with Crippen LogP contribution in [0, 0.1) is 0 Å². The largest absolute Gasteiger partial charge is 0.494 e. The fourth-order valence-corrected chi connectivity index (χ4v) is 5.05. The molecule has 200 valence electrons. The lowest BCUT2D eigenvalue weighted by atomic mass is 10.2. The summed E-state index contributed by atoms with van der Waals surface area (Å²) < 4.78 is 95.6. The number of carbonyl (C=O) groups is 1. The average molecular weight is 577 g/mol. The quantitative estimate of drug-likeness (QED) is 0.304. The molecule has 1 aliphatic rings. The third-order valence-electron chi connectivity index (χ3n) is 4.85. The van der Waals surface area contributed by atoms with Crippen molar-refractivity contribution in [2.75, 3.05) is 24.5 Å². The molecule has 0 radical (unpaired) electrons. The van der Waals surface area contributed by atoms with Crippen molar-refractivity contribution in [2.24, 2.45) is 15.3 Å². The molecule has 0 fully saturated rings. The number of amides is 1. The van der Waals surface area contributed by atoms with E-state index in [1.807, 2.05) is 0 Å². The molecule has 1 amide bonds. The van der Waals surface area contributed by atoms with E-state index in [2.05, 4.69) is 19.5 Å². The first-order chi connectivity index (χ1) is 17.1. The Balaban J connectivity index is 1.83. The van der Waals surface area contributed by atoms with Gasteiger partial charge in [-0.3, -0.25) is 13.9 Å². The zero-order valence-electron chi connectivity index (χ0n) is 19.1. The van der Waals surface area contributed by atoms with E-state index in [-0.39, 0.29) is 32.6 Å². The van der Waals surface area contributed by atoms with Crippen LogP contribution in [0.5, 0.6) is 5.75 Å². The molecule has 2 aromatic rings. The van der Waals surface area contributed by atoms with Crippen molar-refractivity contribution in [1.29, 1.82) is 0 Å². The maximum atomic E-state index is 12.9. The maximum Gasteiger partial charge on any atom is 0.397 e. The monoisotopic (exact) mass is 576 g/mol. The van der Waals surface area contributed by atoms with Crippen LogP contribution in [-0.4, -0.2) is 71.5 Å². The third kappa shape index (κ3) is 6.93. The molecule has 0 bridgehead atoms. The van der Waals surface area contributed by atoms with Crippen LogP contribution < -0.4 is 9.75 Å². The van der Waals surface area contributed by atoms with E-state index in [9.17, 15) is 30.0 Å². The molecule has 0 aliphatic carbocycles. The number of rotatable bonds is 10. The summed E-state index contributed by atoms with van der Waals surface area (Å²) in [5.74, 6) is -1.28. The Bertz CT molecular complexity index is 1580. The van der Waals surface area contributed by atoms with Crippen LogP contribution in [0.25, 0.3) is 0 Å². The van der Waals surface area contributed by atoms with Gasteiger partial charge in [-0.05, 0) is 49.4 Å². The van der Waals surface area contributed by atoms with E-state index in [0.29, 0.717) is 0 Å². The first-order valence-electron chi connectivity index (χ1n) is 10.0. The van der Waals surface area contributed by atoms with Crippen molar-refractivity contribution in [3.05, 3.63) is 42.5 Å². The van der Waals surface area contributed by atoms with E-state index in [1.54, 1.807) is 0 Å². The average Bonchev–Trinajstić information content (AvgIpc) is 3.09. The molecule has 0 spiro atoms. The van der Waals surface area contributed by atoms with Crippen molar-refractivity contribution in [3.63, 3.8) is 0 Å². The fourth-order valence-electron chi connectivity index (χ4n) is 3.06. The first-order valence-corrected chi connectivity index (χ1v) is 14.5. The Morgan fingerprint density at radius 3 is 2.19 bits per heavy atom. The molecule has 0 saturated carbocycles. The van der Waals surface area contributed by atoms with Crippen molar-refractivity contribution in [2.45, 2.75) is 22.8 Å². The molecule has 3 rings (SSSR count). The molecule has 1 heterocycles. The number of azo groups is 1. The van der Waals surface area contributed by atoms with Crippen molar-refractivity contribution < 1.29 is 48.1 Å². The number of carbonyl (C=O) groups excluding carboxylic acids is 1. The Morgan fingerprint density at radius 1 is 1.00 bits per heavy atom. The smallest absolute Gasteiger partial charge is 0.397 e. The maximum absolute atomic E-state index is 12.9. The van der Waals surface area contributed by atoms with Crippen LogP contribution in [0.3, 0.4) is 0 Å². The molecular formula is C19H20N4O11S3. The normalized spacial score (nSPS) is 16.9. The zero-order valence-corrected chi connectivity index (χ0v) is 21.6. The van der Waals surface area contributed by atoms with E-state index in [1.165, 1.54) is 38.3 Å². The molecule has 1 aliphatic heterocycles. The third-order valence-corrected chi connectivity index (χ3v) is 7.86. The van der Waals surface area contributed by atoms with Gasteiger partial charge in [0.15, 0.2) is 15.9 Å². The van der Waals surface area contributed by atoms with Crippen LogP contribution in [0.1, 0.15) is 6.92 Å². The number of hydrogen-bond acceptors (Lipinski definition) is 12. The highest BCUT2D eigenvalue weighted by molar-refractivity contribution is 7.91. The van der Waals surface area contributed by atoms with Crippen molar-refractivity contribution in [1.82, 2.24) is 0 Å². The second-order valence-corrected chi connectivity index (χ2v) is 12.0. The lowest BCUT2D eigenvalue weighted by Gasteiger charge is -2.13.